The van der Waals surface area contributed by atoms with Crippen LogP contribution in [0.1, 0.15) is 38.6 Å². The highest BCUT2D eigenvalue weighted by Crippen LogP contribution is 2.20. The molecule has 3 rings (SSSR count). The minimum absolute atomic E-state index is 0.0136. The van der Waals surface area contributed by atoms with Crippen LogP contribution in [-0.4, -0.2) is 46.9 Å². The number of amides is 1. The Balaban J connectivity index is 1.53. The Bertz CT molecular complexity index is 681. The summed E-state index contributed by atoms with van der Waals surface area (Å²) in [4.78, 5) is 18.0. The van der Waals surface area contributed by atoms with E-state index in [9.17, 15) is 4.79 Å². The van der Waals surface area contributed by atoms with Gasteiger partial charge in [0, 0.05) is 24.7 Å². The van der Waals surface area contributed by atoms with Crippen LogP contribution < -0.4 is 5.32 Å². The van der Waals surface area contributed by atoms with Crippen LogP contribution >= 0.6 is 0 Å². The molecule has 25 heavy (non-hydrogen) atoms. The van der Waals surface area contributed by atoms with Crippen LogP contribution in [0.3, 0.4) is 0 Å². The Morgan fingerprint density at radius 3 is 2.76 bits per heavy atom. The fourth-order valence-electron chi connectivity index (χ4n) is 2.98. The molecular weight excluding hydrogens is 320 g/mol. The Morgan fingerprint density at radius 1 is 1.36 bits per heavy atom. The number of aromatic nitrogens is 2. The highest BCUT2D eigenvalue weighted by atomic mass is 16.6. The van der Waals surface area contributed by atoms with E-state index in [1.807, 2.05) is 44.2 Å². The molecule has 0 spiro atoms. The molecule has 1 aromatic heterocycles. The smallest absolute Gasteiger partial charge is 0.409 e. The highest BCUT2D eigenvalue weighted by Gasteiger charge is 2.25. The van der Waals surface area contributed by atoms with Crippen LogP contribution in [0.5, 0.6) is 0 Å². The maximum absolute atomic E-state index is 11.7. The first-order chi connectivity index (χ1) is 12.2. The number of hydrogen-bond acceptors (Lipinski definition) is 6. The van der Waals surface area contributed by atoms with Gasteiger partial charge in [0.2, 0.25) is 0 Å². The molecule has 2 aromatic rings. The largest absolute Gasteiger partial charge is 0.450 e. The molecule has 1 atom stereocenters. The second-order valence-corrected chi connectivity index (χ2v) is 6.17. The number of piperidine rings is 1. The molecule has 0 unspecified atom stereocenters. The van der Waals surface area contributed by atoms with Crippen LogP contribution in [0.15, 0.2) is 34.9 Å². The summed E-state index contributed by atoms with van der Waals surface area (Å²) < 4.78 is 10.4. The number of carbonyl (C=O) groups excluding carboxylic acids is 1. The van der Waals surface area contributed by atoms with Gasteiger partial charge in [-0.05, 0) is 38.8 Å². The van der Waals surface area contributed by atoms with Crippen molar-refractivity contribution >= 4 is 6.09 Å². The van der Waals surface area contributed by atoms with Crippen molar-refractivity contribution in [2.45, 2.75) is 38.8 Å². The van der Waals surface area contributed by atoms with Gasteiger partial charge >= 0.3 is 6.09 Å². The standard InChI is InChI=1S/C18H24N4O3/c1-3-24-18(23)22-11-9-15(10-12-22)19-13(2)16-20-17(25-21-16)14-7-5-4-6-8-14/h4-8,13,15,19H,3,9-12H2,1-2H3/t13-/m1/s1. The molecule has 1 N–H and O–H groups in total. The van der Waals surface area contributed by atoms with Crippen LogP contribution in [0.4, 0.5) is 4.79 Å². The molecule has 1 amide bonds. The highest BCUT2D eigenvalue weighted by molar-refractivity contribution is 5.67. The van der Waals surface area contributed by atoms with Gasteiger partial charge in [-0.3, -0.25) is 0 Å². The lowest BCUT2D eigenvalue weighted by Crippen LogP contribution is -2.45. The van der Waals surface area contributed by atoms with E-state index in [2.05, 4.69) is 15.5 Å². The van der Waals surface area contributed by atoms with Gasteiger partial charge in [0.15, 0.2) is 5.82 Å². The molecule has 1 aromatic carbocycles. The topological polar surface area (TPSA) is 80.5 Å². The van der Waals surface area contributed by atoms with E-state index in [0.717, 1.165) is 18.4 Å². The van der Waals surface area contributed by atoms with E-state index >= 15 is 0 Å². The van der Waals surface area contributed by atoms with Crippen molar-refractivity contribution in [3.8, 4) is 11.5 Å². The predicted molar refractivity (Wildman–Crippen MR) is 92.9 cm³/mol. The Labute approximate surface area is 147 Å². The van der Waals surface area contributed by atoms with Crippen molar-refractivity contribution < 1.29 is 14.1 Å². The van der Waals surface area contributed by atoms with Crippen molar-refractivity contribution in [1.29, 1.82) is 0 Å². The van der Waals surface area contributed by atoms with E-state index in [1.165, 1.54) is 0 Å². The van der Waals surface area contributed by atoms with Gasteiger partial charge in [-0.25, -0.2) is 4.79 Å². The third-order valence-electron chi connectivity index (χ3n) is 4.36. The number of hydrogen-bond donors (Lipinski definition) is 1. The summed E-state index contributed by atoms with van der Waals surface area (Å²) in [6.07, 6.45) is 1.54. The van der Waals surface area contributed by atoms with Crippen molar-refractivity contribution in [3.05, 3.63) is 36.2 Å². The van der Waals surface area contributed by atoms with Gasteiger partial charge in [-0.1, -0.05) is 23.4 Å². The molecule has 1 aliphatic heterocycles. The average Bonchev–Trinajstić information content (AvgIpc) is 3.13. The number of nitrogens with zero attached hydrogens (tertiary/aromatic N) is 3. The zero-order valence-corrected chi connectivity index (χ0v) is 14.6. The zero-order valence-electron chi connectivity index (χ0n) is 14.6. The van der Waals surface area contributed by atoms with Gasteiger partial charge in [0.25, 0.3) is 5.89 Å². The number of nitrogens with one attached hydrogen (secondary N) is 1. The molecule has 0 radical (unpaired) electrons. The molecule has 0 aliphatic carbocycles. The lowest BCUT2D eigenvalue weighted by Gasteiger charge is -2.32. The lowest BCUT2D eigenvalue weighted by atomic mass is 10.0. The fourth-order valence-corrected chi connectivity index (χ4v) is 2.98. The zero-order chi connectivity index (χ0) is 17.6. The molecule has 2 heterocycles. The van der Waals surface area contributed by atoms with Crippen molar-refractivity contribution in [1.82, 2.24) is 20.4 Å². The summed E-state index contributed by atoms with van der Waals surface area (Å²) in [6, 6.07) is 10.0. The predicted octanol–water partition coefficient (Wildman–Crippen LogP) is 3.01. The molecule has 134 valence electrons. The summed E-state index contributed by atoms with van der Waals surface area (Å²) in [7, 11) is 0. The van der Waals surface area contributed by atoms with Crippen LogP contribution in [0.2, 0.25) is 0 Å². The second kappa shape index (κ2) is 8.11. The summed E-state index contributed by atoms with van der Waals surface area (Å²) in [5, 5.41) is 7.62. The maximum atomic E-state index is 11.7. The molecular formula is C18H24N4O3. The number of rotatable bonds is 5. The van der Waals surface area contributed by atoms with Crippen LogP contribution in [0, 0.1) is 0 Å². The molecule has 0 bridgehead atoms. The third kappa shape index (κ3) is 4.36. The monoisotopic (exact) mass is 344 g/mol. The summed E-state index contributed by atoms with van der Waals surface area (Å²) >= 11 is 0. The quantitative estimate of drug-likeness (QED) is 0.898. The van der Waals surface area contributed by atoms with E-state index in [0.29, 0.717) is 37.5 Å². The van der Waals surface area contributed by atoms with Crippen molar-refractivity contribution in [3.63, 3.8) is 0 Å². The average molecular weight is 344 g/mol. The van der Waals surface area contributed by atoms with Gasteiger partial charge in [0.05, 0.1) is 12.6 Å². The number of benzene rings is 1. The van der Waals surface area contributed by atoms with E-state index in [-0.39, 0.29) is 12.1 Å². The number of likely N-dealkylation sites (tertiary alicyclic amines) is 1. The molecule has 1 saturated heterocycles. The van der Waals surface area contributed by atoms with E-state index in [1.54, 1.807) is 4.90 Å². The Kier molecular flexibility index (Phi) is 5.65. The number of carbonyl (C=O) groups is 1. The normalized spacial score (nSPS) is 16.6. The van der Waals surface area contributed by atoms with Crippen LogP contribution in [0.25, 0.3) is 11.5 Å². The lowest BCUT2D eigenvalue weighted by molar-refractivity contribution is 0.0942. The first kappa shape index (κ1) is 17.4. The van der Waals surface area contributed by atoms with Gasteiger partial charge in [-0.2, -0.15) is 4.98 Å². The maximum Gasteiger partial charge on any atom is 0.409 e. The Hall–Kier alpha value is -2.41. The van der Waals surface area contributed by atoms with Crippen molar-refractivity contribution in [2.75, 3.05) is 19.7 Å². The molecule has 1 fully saturated rings. The SMILES string of the molecule is CCOC(=O)N1CCC(N[C@H](C)c2noc(-c3ccccc3)n2)CC1. The minimum atomic E-state index is -0.223. The van der Waals surface area contributed by atoms with Crippen LogP contribution in [-0.2, 0) is 4.74 Å². The Morgan fingerprint density at radius 2 is 2.08 bits per heavy atom. The van der Waals surface area contributed by atoms with E-state index in [4.69, 9.17) is 9.26 Å². The number of ether oxygens (including phenoxy) is 1. The van der Waals surface area contributed by atoms with Gasteiger partial charge in [-0.15, -0.1) is 0 Å². The van der Waals surface area contributed by atoms with Gasteiger partial charge < -0.3 is 19.5 Å². The molecule has 0 saturated carbocycles. The second-order valence-electron chi connectivity index (χ2n) is 6.17. The summed E-state index contributed by atoms with van der Waals surface area (Å²) in [5.41, 5.74) is 0.913. The first-order valence-corrected chi connectivity index (χ1v) is 8.74. The summed E-state index contributed by atoms with van der Waals surface area (Å²) in [5.74, 6) is 1.17. The molecule has 7 heteroatoms. The van der Waals surface area contributed by atoms with E-state index < -0.39 is 0 Å². The van der Waals surface area contributed by atoms with Crippen molar-refractivity contribution in [2.24, 2.45) is 0 Å². The molecule has 7 nitrogen and oxygen atoms in total. The third-order valence-corrected chi connectivity index (χ3v) is 4.36. The van der Waals surface area contributed by atoms with Gasteiger partial charge in [0.1, 0.15) is 0 Å². The summed E-state index contributed by atoms with van der Waals surface area (Å²) in [6.45, 7) is 5.66. The molecule has 1 aliphatic rings. The fraction of sp³-hybridized carbons (Fsp3) is 0.500. The first-order valence-electron chi connectivity index (χ1n) is 8.74. The minimum Gasteiger partial charge on any atom is -0.450 e.